The lowest BCUT2D eigenvalue weighted by molar-refractivity contribution is -0.155. The van der Waals surface area contributed by atoms with Crippen molar-refractivity contribution in [1.29, 1.82) is 0 Å². The second kappa shape index (κ2) is 28.4. The summed E-state index contributed by atoms with van der Waals surface area (Å²) < 4.78 is 47.8. The van der Waals surface area contributed by atoms with Crippen LogP contribution in [0.4, 0.5) is 0 Å². The average molecular weight is 1300 g/mol. The lowest BCUT2D eigenvalue weighted by atomic mass is 9.67. The van der Waals surface area contributed by atoms with E-state index in [0.29, 0.717) is 50.9 Å². The summed E-state index contributed by atoms with van der Waals surface area (Å²) in [6.07, 6.45) is 0.257. The highest BCUT2D eigenvalue weighted by molar-refractivity contribution is 9.11. The molecule has 0 N–H and O–H groups in total. The molecule has 2 unspecified atom stereocenters. The minimum Gasteiger partial charge on any atom is -0.487 e. The number of carbonyl (C=O) groups is 4. The van der Waals surface area contributed by atoms with Gasteiger partial charge in [0.2, 0.25) is 0 Å². The Labute approximate surface area is 467 Å². The van der Waals surface area contributed by atoms with Crippen molar-refractivity contribution in [3.8, 4) is 11.5 Å². The molecule has 0 bridgehead atoms. The SMILES string of the molecule is C=CC(=O)OCCOCC(COc1c(Br)cc(C(C)(C)c2cc(Br)c(OCC(COCCOC(=O)C=C)OC(=O)CC(c3ccc(Cl)cc3)(c3ccc(Cl)cc3)c3ccc(Cl)cc3)c(Br)c2)cc1Br)OC=O. The second-order valence-corrected chi connectivity index (χ2v) is 21.0. The number of hydrogen-bond acceptors (Lipinski definition) is 12. The molecule has 0 aliphatic heterocycles. The second-order valence-electron chi connectivity index (χ2n) is 16.2. The summed E-state index contributed by atoms with van der Waals surface area (Å²) in [4.78, 5) is 48.7. The molecule has 0 saturated carbocycles. The Morgan fingerprint density at radius 2 is 0.917 bits per heavy atom. The highest BCUT2D eigenvalue weighted by atomic mass is 79.9. The molecule has 2 atom stereocenters. The Morgan fingerprint density at radius 3 is 1.28 bits per heavy atom. The van der Waals surface area contributed by atoms with Crippen LogP contribution in [0.15, 0.2) is 140 Å². The summed E-state index contributed by atoms with van der Waals surface area (Å²) in [6, 6.07) is 29.6. The van der Waals surface area contributed by atoms with Crippen LogP contribution in [0.5, 0.6) is 11.5 Å². The fourth-order valence-electron chi connectivity index (χ4n) is 7.36. The molecule has 0 radical (unpaired) electrons. The Hall–Kier alpha value is -4.23. The van der Waals surface area contributed by atoms with Crippen molar-refractivity contribution in [2.75, 3.05) is 52.9 Å². The molecule has 5 rings (SSSR count). The maximum atomic E-state index is 14.5. The van der Waals surface area contributed by atoms with E-state index in [0.717, 1.165) is 40.0 Å². The summed E-state index contributed by atoms with van der Waals surface area (Å²) in [5.74, 6) is -0.826. The zero-order valence-corrected chi connectivity index (χ0v) is 47.6. The molecule has 0 fully saturated rings. The van der Waals surface area contributed by atoms with Gasteiger partial charge in [-0.05, 0) is 152 Å². The van der Waals surface area contributed by atoms with Crippen LogP contribution >= 0.6 is 98.5 Å². The highest BCUT2D eigenvalue weighted by Gasteiger charge is 2.40. The van der Waals surface area contributed by atoms with Gasteiger partial charge in [0.1, 0.15) is 37.9 Å². The minimum absolute atomic E-state index is 0.00478. The standard InChI is InChI=1S/C53H49Br4Cl3O12/c1-5-47(62)67-21-19-65-28-41(71-32-61)30-69-50-43(54)23-36(24-44(50)55)52(3,4)37-25-45(56)51(46(57)26-37)70-31-42(29-66-20-22-68-48(63)6-2)72-49(64)27-53(33-7-13-38(58)14-8-33,34-9-15-39(59)16-10-34)35-11-17-40(60)18-12-35/h5-18,23-26,32,41-42H,1-2,19-22,27-31H2,3-4H3. The molecule has 0 heterocycles. The van der Waals surface area contributed by atoms with Crippen molar-refractivity contribution < 1.29 is 57.1 Å². The smallest absolute Gasteiger partial charge is 0.330 e. The first-order valence-electron chi connectivity index (χ1n) is 22.0. The Kier molecular flexibility index (Phi) is 23.2. The topological polar surface area (TPSA) is 142 Å². The van der Waals surface area contributed by atoms with Gasteiger partial charge in [-0.15, -0.1) is 0 Å². The van der Waals surface area contributed by atoms with Gasteiger partial charge >= 0.3 is 17.9 Å². The Morgan fingerprint density at radius 1 is 0.556 bits per heavy atom. The van der Waals surface area contributed by atoms with Gasteiger partial charge in [-0.2, -0.15) is 0 Å². The third-order valence-electron chi connectivity index (χ3n) is 11.1. The molecular formula is C53H49Br4Cl3O12. The fourth-order valence-corrected chi connectivity index (χ4v) is 10.6. The maximum Gasteiger partial charge on any atom is 0.330 e. The summed E-state index contributed by atoms with van der Waals surface area (Å²) in [5, 5.41) is 1.56. The third-order valence-corrected chi connectivity index (χ3v) is 14.2. The summed E-state index contributed by atoms with van der Waals surface area (Å²) >= 11 is 33.9. The van der Waals surface area contributed by atoms with E-state index in [1.165, 1.54) is 0 Å². The summed E-state index contributed by atoms with van der Waals surface area (Å²) in [7, 11) is 0. The van der Waals surface area contributed by atoms with Crippen molar-refractivity contribution >= 4 is 123 Å². The van der Waals surface area contributed by atoms with Gasteiger partial charge in [0.25, 0.3) is 6.47 Å². The lowest BCUT2D eigenvalue weighted by Gasteiger charge is -2.36. The highest BCUT2D eigenvalue weighted by Crippen LogP contribution is 2.46. The first-order valence-corrected chi connectivity index (χ1v) is 26.3. The van der Waals surface area contributed by atoms with Crippen LogP contribution in [0, 0.1) is 0 Å². The molecule has 12 nitrogen and oxygen atoms in total. The van der Waals surface area contributed by atoms with Crippen molar-refractivity contribution in [3.05, 3.63) is 183 Å². The normalized spacial score (nSPS) is 12.2. The molecule has 19 heteroatoms. The molecule has 5 aromatic rings. The minimum atomic E-state index is -1.09. The Balaban J connectivity index is 1.36. The molecule has 382 valence electrons. The maximum absolute atomic E-state index is 14.5. The van der Waals surface area contributed by atoms with E-state index in [1.807, 2.05) is 60.7 Å². The van der Waals surface area contributed by atoms with Gasteiger partial charge in [-0.25, -0.2) is 9.59 Å². The molecule has 0 aromatic heterocycles. The number of rotatable bonds is 28. The molecule has 0 aliphatic rings. The molecule has 5 aromatic carbocycles. The molecule has 0 spiro atoms. The van der Waals surface area contributed by atoms with Crippen LogP contribution < -0.4 is 9.47 Å². The molecule has 0 aliphatic carbocycles. The van der Waals surface area contributed by atoms with Crippen molar-refractivity contribution in [1.82, 2.24) is 0 Å². The van der Waals surface area contributed by atoms with Gasteiger partial charge in [0.05, 0.1) is 56.2 Å². The predicted octanol–water partition coefficient (Wildman–Crippen LogP) is 13.1. The Bertz CT molecular complexity index is 2510. The molecule has 72 heavy (non-hydrogen) atoms. The van der Waals surface area contributed by atoms with Gasteiger partial charge in [-0.3, -0.25) is 9.59 Å². The zero-order valence-electron chi connectivity index (χ0n) is 38.9. The van der Waals surface area contributed by atoms with E-state index in [-0.39, 0.29) is 59.3 Å². The van der Waals surface area contributed by atoms with E-state index in [1.54, 1.807) is 36.4 Å². The van der Waals surface area contributed by atoms with Crippen LogP contribution in [-0.2, 0) is 58.4 Å². The summed E-state index contributed by atoms with van der Waals surface area (Å²) in [6.45, 7) is 11.0. The predicted molar refractivity (Wildman–Crippen MR) is 290 cm³/mol. The molecule has 0 saturated heterocycles. The zero-order chi connectivity index (χ0) is 52.4. The number of esters is 3. The average Bonchev–Trinajstić information content (AvgIpc) is 3.35. The number of ether oxygens (including phenoxy) is 8. The van der Waals surface area contributed by atoms with Crippen molar-refractivity contribution in [3.63, 3.8) is 0 Å². The third kappa shape index (κ3) is 16.4. The largest absolute Gasteiger partial charge is 0.487 e. The van der Waals surface area contributed by atoms with Crippen LogP contribution in [0.1, 0.15) is 48.1 Å². The first kappa shape index (κ1) is 58.7. The van der Waals surface area contributed by atoms with Crippen molar-refractivity contribution in [2.24, 2.45) is 0 Å². The van der Waals surface area contributed by atoms with Crippen LogP contribution in [0.25, 0.3) is 0 Å². The fraction of sp³-hybridized carbons (Fsp3) is 0.283. The van der Waals surface area contributed by atoms with Gasteiger partial charge in [0, 0.05) is 32.6 Å². The quantitative estimate of drug-likeness (QED) is 0.0117. The molecule has 0 amide bonds. The number of halogens is 7. The lowest BCUT2D eigenvalue weighted by Crippen LogP contribution is -2.36. The monoisotopic (exact) mass is 1300 g/mol. The van der Waals surface area contributed by atoms with Crippen molar-refractivity contribution in [2.45, 2.75) is 43.3 Å². The van der Waals surface area contributed by atoms with E-state index < -0.39 is 40.9 Å². The van der Waals surface area contributed by atoms with Crippen LogP contribution in [-0.4, -0.2) is 89.4 Å². The van der Waals surface area contributed by atoms with E-state index >= 15 is 0 Å². The number of hydrogen-bond donors (Lipinski definition) is 0. The van der Waals surface area contributed by atoms with E-state index in [2.05, 4.69) is 90.7 Å². The van der Waals surface area contributed by atoms with Gasteiger partial charge < -0.3 is 37.9 Å². The first-order chi connectivity index (χ1) is 34.4. The number of carbonyl (C=O) groups excluding carboxylic acids is 4. The van der Waals surface area contributed by atoms with E-state index in [4.69, 9.17) is 72.7 Å². The van der Waals surface area contributed by atoms with Crippen LogP contribution in [0.3, 0.4) is 0 Å². The summed E-state index contributed by atoms with van der Waals surface area (Å²) in [5.41, 5.74) is 2.43. The number of benzene rings is 5. The van der Waals surface area contributed by atoms with Gasteiger partial charge in [0.15, 0.2) is 12.2 Å². The van der Waals surface area contributed by atoms with Crippen LogP contribution in [0.2, 0.25) is 15.1 Å². The van der Waals surface area contributed by atoms with E-state index in [9.17, 15) is 19.2 Å². The molecular weight excluding hydrogens is 1250 g/mol. The van der Waals surface area contributed by atoms with Gasteiger partial charge in [-0.1, -0.05) is 98.2 Å².